The quantitative estimate of drug-likeness (QED) is 0.555. The minimum Gasteiger partial charge on any atom is -0.481 e. The van der Waals surface area contributed by atoms with Gasteiger partial charge in [0.15, 0.2) is 11.8 Å². The van der Waals surface area contributed by atoms with Gasteiger partial charge in [-0.1, -0.05) is 24.3 Å². The van der Waals surface area contributed by atoms with Gasteiger partial charge in [-0.2, -0.15) is 0 Å². The van der Waals surface area contributed by atoms with E-state index in [0.717, 1.165) is 20.9 Å². The van der Waals surface area contributed by atoms with Gasteiger partial charge in [0.2, 0.25) is 0 Å². The third-order valence-corrected chi connectivity index (χ3v) is 6.51. The first-order valence-electron chi connectivity index (χ1n) is 10.1. The van der Waals surface area contributed by atoms with E-state index in [1.165, 1.54) is 29.4 Å². The van der Waals surface area contributed by atoms with Crippen molar-refractivity contribution in [3.05, 3.63) is 63.0 Å². The summed E-state index contributed by atoms with van der Waals surface area (Å²) in [7, 11) is 1.54. The summed E-state index contributed by atoms with van der Waals surface area (Å²) in [5, 5.41) is 14.2. The van der Waals surface area contributed by atoms with Crippen molar-refractivity contribution in [2.75, 3.05) is 12.4 Å². The fourth-order valence-corrected chi connectivity index (χ4v) is 4.52. The molecule has 1 aromatic heterocycles. The lowest BCUT2D eigenvalue weighted by Crippen LogP contribution is -2.54. The molecule has 0 aliphatic carbocycles. The molecule has 8 nitrogen and oxygen atoms in total. The van der Waals surface area contributed by atoms with Crippen molar-refractivity contribution in [2.24, 2.45) is 0 Å². The lowest BCUT2D eigenvalue weighted by molar-refractivity contribution is -0.137. The lowest BCUT2D eigenvalue weighted by Gasteiger charge is -2.27. The Labute approximate surface area is 189 Å². The molecule has 3 N–H and O–H groups in total. The zero-order valence-electron chi connectivity index (χ0n) is 18.1. The molecule has 1 aliphatic rings. The standard InChI is InChI=1S/C23H25N3O5S/c1-13-6-4-5-7-15(13)11-16-12-17(19(32-16)8-9-20(28)29)24-23(31)25-21-18(27)10-14(2)26(3)22(21)30/h4-7,10,12,21H,8-9,11H2,1-3H3,(H,28,29)(H2,24,25,31)/t21-/m0/s1. The molecule has 0 saturated carbocycles. The molecule has 32 heavy (non-hydrogen) atoms. The Bertz CT molecular complexity index is 1100. The van der Waals surface area contributed by atoms with Gasteiger partial charge in [0.05, 0.1) is 12.1 Å². The second-order valence-electron chi connectivity index (χ2n) is 7.66. The maximum atomic E-state index is 12.6. The van der Waals surface area contributed by atoms with Crippen LogP contribution < -0.4 is 10.6 Å². The van der Waals surface area contributed by atoms with E-state index in [-0.39, 0.29) is 12.8 Å². The first-order chi connectivity index (χ1) is 15.2. The summed E-state index contributed by atoms with van der Waals surface area (Å²) in [5.41, 5.74) is 3.27. The van der Waals surface area contributed by atoms with E-state index in [4.69, 9.17) is 5.11 Å². The van der Waals surface area contributed by atoms with Crippen LogP contribution in [0.4, 0.5) is 10.5 Å². The SMILES string of the molecule is CC1=CC(=O)[C@H](NC(=O)Nc2cc(Cc3ccccc3C)sc2CCC(=O)O)C(=O)N1C. The molecule has 0 bridgehead atoms. The number of aryl methyl sites for hydroxylation is 2. The Kier molecular flexibility index (Phi) is 7.09. The van der Waals surface area contributed by atoms with Crippen LogP contribution in [-0.2, 0) is 27.2 Å². The average Bonchev–Trinajstić information content (AvgIpc) is 3.10. The highest BCUT2D eigenvalue weighted by molar-refractivity contribution is 7.12. The van der Waals surface area contributed by atoms with Crippen molar-refractivity contribution in [3.63, 3.8) is 0 Å². The zero-order valence-corrected chi connectivity index (χ0v) is 18.9. The summed E-state index contributed by atoms with van der Waals surface area (Å²) in [4.78, 5) is 51.2. The number of thiophene rings is 1. The number of anilines is 1. The van der Waals surface area contributed by atoms with Crippen molar-refractivity contribution in [2.45, 2.75) is 39.2 Å². The maximum absolute atomic E-state index is 12.6. The van der Waals surface area contributed by atoms with Crippen molar-refractivity contribution in [1.29, 1.82) is 0 Å². The van der Waals surface area contributed by atoms with Gasteiger partial charge < -0.3 is 20.6 Å². The van der Waals surface area contributed by atoms with E-state index in [0.29, 0.717) is 17.8 Å². The topological polar surface area (TPSA) is 116 Å². The van der Waals surface area contributed by atoms with Crippen LogP contribution in [0.25, 0.3) is 0 Å². The van der Waals surface area contributed by atoms with Gasteiger partial charge in [-0.3, -0.25) is 14.4 Å². The summed E-state index contributed by atoms with van der Waals surface area (Å²) >= 11 is 1.44. The van der Waals surface area contributed by atoms with Crippen LogP contribution in [0.3, 0.4) is 0 Å². The Balaban J connectivity index is 1.77. The number of carbonyl (C=O) groups is 4. The smallest absolute Gasteiger partial charge is 0.320 e. The highest BCUT2D eigenvalue weighted by Crippen LogP contribution is 2.31. The van der Waals surface area contributed by atoms with Gasteiger partial charge in [0.1, 0.15) is 0 Å². The summed E-state index contributed by atoms with van der Waals surface area (Å²) < 4.78 is 0. The number of benzene rings is 1. The van der Waals surface area contributed by atoms with Gasteiger partial charge in [-0.15, -0.1) is 11.3 Å². The van der Waals surface area contributed by atoms with Gasteiger partial charge in [0.25, 0.3) is 5.91 Å². The Hall–Kier alpha value is -3.46. The molecule has 1 aliphatic heterocycles. The number of amides is 3. The Morgan fingerprint density at radius 3 is 2.59 bits per heavy atom. The van der Waals surface area contributed by atoms with E-state index in [1.807, 2.05) is 37.3 Å². The van der Waals surface area contributed by atoms with Gasteiger partial charge in [-0.25, -0.2) is 4.79 Å². The monoisotopic (exact) mass is 455 g/mol. The molecule has 0 saturated heterocycles. The van der Waals surface area contributed by atoms with Crippen LogP contribution in [0.2, 0.25) is 0 Å². The van der Waals surface area contributed by atoms with Crippen LogP contribution in [0.1, 0.15) is 34.2 Å². The molecule has 3 rings (SSSR count). The number of carboxylic acid groups (broad SMARTS) is 1. The number of likely N-dealkylation sites (N-methyl/N-ethyl adjacent to an activating group) is 1. The molecule has 168 valence electrons. The molecule has 1 atom stereocenters. The highest BCUT2D eigenvalue weighted by Gasteiger charge is 2.34. The normalized spacial score (nSPS) is 16.0. The number of aliphatic carboxylic acids is 1. The third-order valence-electron chi connectivity index (χ3n) is 5.32. The first kappa shape index (κ1) is 23.2. The fraction of sp³-hybridized carbons (Fsp3) is 0.304. The van der Waals surface area contributed by atoms with Gasteiger partial charge in [-0.05, 0) is 37.5 Å². The van der Waals surface area contributed by atoms with E-state index < -0.39 is 29.7 Å². The number of allylic oxidation sites excluding steroid dienone is 1. The van der Waals surface area contributed by atoms with Crippen molar-refractivity contribution in [3.8, 4) is 0 Å². The highest BCUT2D eigenvalue weighted by atomic mass is 32.1. The molecule has 1 aromatic carbocycles. The first-order valence-corrected chi connectivity index (χ1v) is 10.9. The van der Waals surface area contributed by atoms with Gasteiger partial charge in [0, 0.05) is 35.0 Å². The van der Waals surface area contributed by atoms with Gasteiger partial charge >= 0.3 is 12.0 Å². The van der Waals surface area contributed by atoms with Crippen molar-refractivity contribution < 1.29 is 24.3 Å². The predicted octanol–water partition coefficient (Wildman–Crippen LogP) is 3.10. The molecule has 2 aromatic rings. The van der Waals surface area contributed by atoms with Crippen LogP contribution in [0.5, 0.6) is 0 Å². The summed E-state index contributed by atoms with van der Waals surface area (Å²) in [6, 6.07) is 7.79. The summed E-state index contributed by atoms with van der Waals surface area (Å²) in [6.45, 7) is 3.66. The van der Waals surface area contributed by atoms with E-state index in [1.54, 1.807) is 6.92 Å². The second-order valence-corrected chi connectivity index (χ2v) is 8.88. The summed E-state index contributed by atoms with van der Waals surface area (Å²) in [6.07, 6.45) is 2.15. The molecule has 2 heterocycles. The van der Waals surface area contributed by atoms with Crippen LogP contribution in [0, 0.1) is 6.92 Å². The van der Waals surface area contributed by atoms with E-state index >= 15 is 0 Å². The summed E-state index contributed by atoms with van der Waals surface area (Å²) in [5.74, 6) is -1.93. The molecular weight excluding hydrogens is 430 g/mol. The largest absolute Gasteiger partial charge is 0.481 e. The number of hydrogen-bond acceptors (Lipinski definition) is 5. The number of urea groups is 1. The third kappa shape index (κ3) is 5.42. The number of nitrogens with one attached hydrogen (secondary N) is 2. The molecule has 0 unspecified atom stereocenters. The minimum absolute atomic E-state index is 0.0743. The van der Waals surface area contributed by atoms with E-state index in [9.17, 15) is 19.2 Å². The Morgan fingerprint density at radius 2 is 1.91 bits per heavy atom. The molecule has 0 fully saturated rings. The maximum Gasteiger partial charge on any atom is 0.320 e. The number of carboxylic acids is 1. The molecule has 3 amide bonds. The fourth-order valence-electron chi connectivity index (χ4n) is 3.38. The van der Waals surface area contributed by atoms with E-state index in [2.05, 4.69) is 10.6 Å². The molecule has 0 radical (unpaired) electrons. The van der Waals surface area contributed by atoms with Crippen LogP contribution in [0.15, 0.2) is 42.1 Å². The van der Waals surface area contributed by atoms with Crippen molar-refractivity contribution >= 4 is 40.7 Å². The zero-order chi connectivity index (χ0) is 23.4. The minimum atomic E-state index is -1.30. The Morgan fingerprint density at radius 1 is 1.19 bits per heavy atom. The second kappa shape index (κ2) is 9.78. The molecule has 9 heteroatoms. The average molecular weight is 456 g/mol. The lowest BCUT2D eigenvalue weighted by atomic mass is 10.1. The number of ketones is 1. The number of hydrogen-bond donors (Lipinski definition) is 3. The molecular formula is C23H25N3O5S. The number of nitrogens with zero attached hydrogens (tertiary/aromatic N) is 1. The van der Waals surface area contributed by atoms with Crippen LogP contribution >= 0.6 is 11.3 Å². The number of carbonyl (C=O) groups excluding carboxylic acids is 3. The predicted molar refractivity (Wildman–Crippen MR) is 122 cm³/mol. The van der Waals surface area contributed by atoms with Crippen LogP contribution in [-0.4, -0.2) is 46.8 Å². The number of rotatable bonds is 7. The van der Waals surface area contributed by atoms with Crippen molar-refractivity contribution in [1.82, 2.24) is 10.2 Å². The molecule has 0 spiro atoms.